The van der Waals surface area contributed by atoms with Crippen LogP contribution in [0.1, 0.15) is 22.9 Å². The molecule has 160 valence electrons. The van der Waals surface area contributed by atoms with Gasteiger partial charge in [0.15, 0.2) is 11.5 Å². The molecule has 11 heteroatoms. The van der Waals surface area contributed by atoms with Crippen LogP contribution in [0.5, 0.6) is 0 Å². The second-order valence-electron chi connectivity index (χ2n) is 6.71. The molecule has 0 radical (unpaired) electrons. The summed E-state index contributed by atoms with van der Waals surface area (Å²) in [5, 5.41) is 21.8. The molecule has 31 heavy (non-hydrogen) atoms. The average Bonchev–Trinajstić information content (AvgIpc) is 3.19. The van der Waals surface area contributed by atoms with Crippen LogP contribution in [0.4, 0.5) is 27.7 Å². The number of hydrogen-bond donors (Lipinski definition) is 4. The third-order valence-corrected chi connectivity index (χ3v) is 4.60. The van der Waals surface area contributed by atoms with Gasteiger partial charge in [-0.1, -0.05) is 12.1 Å². The standard InChI is InChI=1S/C20H23N9O2/c1-21-19(30)17-14(8-15(25-26-17)24-20(31)22-2)23-13-7-5-6-12-16-11(10-29(4)27-16)9-28(3)18(12)13/h5-8,10H,9H2,1-4H3,(H,21,30)(H3,22,23,24,25,31)/i1D3,9D2. The van der Waals surface area contributed by atoms with Gasteiger partial charge in [0.1, 0.15) is 0 Å². The lowest BCUT2D eigenvalue weighted by atomic mass is 9.99. The number of rotatable bonds is 4. The van der Waals surface area contributed by atoms with Gasteiger partial charge >= 0.3 is 6.03 Å². The van der Waals surface area contributed by atoms with E-state index in [2.05, 4.69) is 31.2 Å². The second-order valence-corrected chi connectivity index (χ2v) is 6.71. The first-order valence-electron chi connectivity index (χ1n) is 11.7. The van der Waals surface area contributed by atoms with Crippen LogP contribution in [0, 0.1) is 0 Å². The summed E-state index contributed by atoms with van der Waals surface area (Å²) in [7, 11) is 4.70. The number of nitrogens with one attached hydrogen (secondary N) is 4. The zero-order valence-electron chi connectivity index (χ0n) is 21.9. The molecular weight excluding hydrogens is 398 g/mol. The van der Waals surface area contributed by atoms with Gasteiger partial charge in [-0.05, 0) is 6.07 Å². The van der Waals surface area contributed by atoms with E-state index < -0.39 is 25.4 Å². The minimum Gasteiger partial charge on any atom is -0.368 e. The highest BCUT2D eigenvalue weighted by molar-refractivity contribution is 6.00. The number of fused-ring (bicyclic) bond motifs is 3. The van der Waals surface area contributed by atoms with Crippen molar-refractivity contribution in [3.05, 3.63) is 41.7 Å². The molecule has 1 aliphatic rings. The van der Waals surface area contributed by atoms with E-state index in [1.165, 1.54) is 22.7 Å². The Bertz CT molecular complexity index is 1360. The molecule has 0 bridgehead atoms. The maximum absolute atomic E-state index is 12.7. The molecule has 4 N–H and O–H groups in total. The average molecular weight is 426 g/mol. The van der Waals surface area contributed by atoms with E-state index in [4.69, 9.17) is 6.85 Å². The van der Waals surface area contributed by atoms with Crippen LogP contribution in [-0.4, -0.2) is 53.0 Å². The van der Waals surface area contributed by atoms with Gasteiger partial charge in [0.2, 0.25) is 0 Å². The number of hydrogen-bond acceptors (Lipinski definition) is 7. The summed E-state index contributed by atoms with van der Waals surface area (Å²) in [6.07, 6.45) is 1.62. The van der Waals surface area contributed by atoms with Gasteiger partial charge < -0.3 is 20.9 Å². The molecule has 1 aromatic carbocycles. The van der Waals surface area contributed by atoms with Crippen LogP contribution in [0.25, 0.3) is 11.3 Å². The molecule has 0 atom stereocenters. The van der Waals surface area contributed by atoms with E-state index >= 15 is 0 Å². The molecule has 11 nitrogen and oxygen atoms in total. The normalized spacial score (nSPS) is 16.4. The zero-order chi connectivity index (χ0) is 26.4. The molecule has 4 rings (SSSR count). The van der Waals surface area contributed by atoms with E-state index in [9.17, 15) is 9.59 Å². The van der Waals surface area contributed by atoms with E-state index in [1.54, 1.807) is 38.5 Å². The van der Waals surface area contributed by atoms with Gasteiger partial charge in [-0.3, -0.25) is 14.8 Å². The van der Waals surface area contributed by atoms with Crippen molar-refractivity contribution in [3.8, 4) is 11.3 Å². The highest BCUT2D eigenvalue weighted by Gasteiger charge is 2.26. The molecule has 1 aliphatic heterocycles. The number of para-hydroxylation sites is 1. The van der Waals surface area contributed by atoms with Crippen LogP contribution in [0.2, 0.25) is 0 Å². The smallest absolute Gasteiger partial charge is 0.320 e. The Kier molecular flexibility index (Phi) is 3.78. The van der Waals surface area contributed by atoms with Crippen molar-refractivity contribution in [1.82, 2.24) is 30.6 Å². The fraction of sp³-hybridized carbons (Fsp3) is 0.250. The summed E-state index contributed by atoms with van der Waals surface area (Å²) in [5.74, 6) is -1.03. The third kappa shape index (κ3) is 3.72. The molecule has 0 aliphatic carbocycles. The maximum atomic E-state index is 12.7. The predicted molar refractivity (Wildman–Crippen MR) is 118 cm³/mol. The highest BCUT2D eigenvalue weighted by Crippen LogP contribution is 2.43. The monoisotopic (exact) mass is 426 g/mol. The summed E-state index contributed by atoms with van der Waals surface area (Å²) in [6, 6.07) is 5.93. The largest absolute Gasteiger partial charge is 0.368 e. The Hall–Kier alpha value is -4.15. The minimum absolute atomic E-state index is 0.0113. The van der Waals surface area contributed by atoms with Gasteiger partial charge in [0.05, 0.1) is 25.5 Å². The topological polar surface area (TPSA) is 129 Å². The molecule has 3 aromatic rings. The van der Waals surface area contributed by atoms with Crippen molar-refractivity contribution in [3.63, 3.8) is 0 Å². The summed E-state index contributed by atoms with van der Waals surface area (Å²) < 4.78 is 40.9. The van der Waals surface area contributed by atoms with E-state index in [0.717, 1.165) is 0 Å². The van der Waals surface area contributed by atoms with Gasteiger partial charge in [-0.15, -0.1) is 10.2 Å². The second kappa shape index (κ2) is 7.94. The van der Waals surface area contributed by atoms with Crippen molar-refractivity contribution in [2.75, 3.05) is 36.6 Å². The lowest BCUT2D eigenvalue weighted by Gasteiger charge is -2.29. The Morgan fingerprint density at radius 1 is 1.19 bits per heavy atom. The molecule has 0 spiro atoms. The number of carbonyl (C=O) groups is 2. The molecule has 0 unspecified atom stereocenters. The van der Waals surface area contributed by atoms with Crippen LogP contribution in [0.15, 0.2) is 30.5 Å². The van der Waals surface area contributed by atoms with Crippen molar-refractivity contribution < 1.29 is 16.4 Å². The number of urea groups is 1. The fourth-order valence-corrected chi connectivity index (χ4v) is 3.30. The Morgan fingerprint density at radius 2 is 2.03 bits per heavy atom. The maximum Gasteiger partial charge on any atom is 0.320 e. The van der Waals surface area contributed by atoms with Crippen molar-refractivity contribution in [2.45, 2.75) is 6.50 Å². The Labute approximate surface area is 185 Å². The fourth-order valence-electron chi connectivity index (χ4n) is 3.30. The van der Waals surface area contributed by atoms with Crippen molar-refractivity contribution in [2.24, 2.45) is 7.05 Å². The van der Waals surface area contributed by atoms with Gasteiger partial charge in [0, 0.05) is 62.1 Å². The molecular formula is C20H23N9O2. The molecule has 2 aromatic heterocycles. The van der Waals surface area contributed by atoms with Crippen LogP contribution < -0.4 is 26.2 Å². The number of amides is 3. The number of nitrogens with zero attached hydrogens (tertiary/aromatic N) is 5. The van der Waals surface area contributed by atoms with Gasteiger partial charge in [-0.25, -0.2) is 4.79 Å². The van der Waals surface area contributed by atoms with Crippen LogP contribution in [0.3, 0.4) is 0 Å². The lowest BCUT2D eigenvalue weighted by molar-refractivity contribution is 0.0958. The van der Waals surface area contributed by atoms with E-state index in [-0.39, 0.29) is 17.2 Å². The zero-order valence-corrected chi connectivity index (χ0v) is 16.9. The first-order valence-corrected chi connectivity index (χ1v) is 9.19. The Balaban J connectivity index is 1.83. The number of benzene rings is 1. The number of aryl methyl sites for hydroxylation is 1. The third-order valence-electron chi connectivity index (χ3n) is 4.60. The lowest BCUT2D eigenvalue weighted by Crippen LogP contribution is -2.26. The molecule has 3 amide bonds. The van der Waals surface area contributed by atoms with Gasteiger partial charge in [0.25, 0.3) is 5.91 Å². The number of anilines is 4. The summed E-state index contributed by atoms with van der Waals surface area (Å²) in [5.41, 5.74) is 2.04. The number of carbonyl (C=O) groups excluding carboxylic acids is 2. The summed E-state index contributed by atoms with van der Waals surface area (Å²) in [6.45, 7) is -4.68. The highest BCUT2D eigenvalue weighted by atomic mass is 16.2. The number of aromatic nitrogens is 4. The first kappa shape index (κ1) is 14.8. The SMILES string of the molecule is [2H]C([2H])([2H])NC(=O)c1nnc(NC(=O)NC)cc1Nc1cccc2c1N(C)C([2H])([2H])c1cn(C)nc1-2. The summed E-state index contributed by atoms with van der Waals surface area (Å²) >= 11 is 0. The van der Waals surface area contributed by atoms with Crippen molar-refractivity contribution >= 4 is 34.8 Å². The van der Waals surface area contributed by atoms with E-state index in [1.807, 2.05) is 5.32 Å². The first-order chi connectivity index (χ1) is 16.8. The summed E-state index contributed by atoms with van der Waals surface area (Å²) in [4.78, 5) is 25.9. The van der Waals surface area contributed by atoms with Crippen LogP contribution >= 0.6 is 0 Å². The van der Waals surface area contributed by atoms with Crippen molar-refractivity contribution in [1.29, 1.82) is 0 Å². The Morgan fingerprint density at radius 3 is 2.81 bits per heavy atom. The van der Waals surface area contributed by atoms with Crippen LogP contribution in [-0.2, 0) is 13.5 Å². The molecule has 0 saturated carbocycles. The minimum atomic E-state index is -2.77. The van der Waals surface area contributed by atoms with Gasteiger partial charge in [-0.2, -0.15) is 5.10 Å². The molecule has 3 heterocycles. The molecule has 0 saturated heterocycles. The van der Waals surface area contributed by atoms with E-state index in [0.29, 0.717) is 28.2 Å². The molecule has 0 fully saturated rings. The predicted octanol–water partition coefficient (Wildman–Crippen LogP) is 1.68. The quantitative estimate of drug-likeness (QED) is 0.499.